The van der Waals surface area contributed by atoms with Crippen molar-refractivity contribution in [3.05, 3.63) is 11.8 Å². The second-order valence-electron chi connectivity index (χ2n) is 3.93. The standard InChI is InChI=1S/C10H14N2O5/c1-6-2-3-7(16-6)10-12-11-8(17-10)4-15-5-9(13)14/h6-7H,2-5H2,1H3,(H,13,14). The van der Waals surface area contributed by atoms with Crippen LogP contribution in [0.5, 0.6) is 0 Å². The molecule has 1 aromatic heterocycles. The van der Waals surface area contributed by atoms with Gasteiger partial charge in [0.25, 0.3) is 0 Å². The Morgan fingerprint density at radius 3 is 3.00 bits per heavy atom. The molecule has 94 valence electrons. The first-order chi connectivity index (χ1) is 8.15. The summed E-state index contributed by atoms with van der Waals surface area (Å²) in [7, 11) is 0. The smallest absolute Gasteiger partial charge is 0.329 e. The van der Waals surface area contributed by atoms with Gasteiger partial charge in [0.15, 0.2) is 0 Å². The normalized spacial score (nSPS) is 24.1. The van der Waals surface area contributed by atoms with Crippen molar-refractivity contribution in [3.8, 4) is 0 Å². The van der Waals surface area contributed by atoms with Crippen molar-refractivity contribution in [2.45, 2.75) is 38.6 Å². The van der Waals surface area contributed by atoms with Gasteiger partial charge in [0.05, 0.1) is 6.10 Å². The maximum Gasteiger partial charge on any atom is 0.329 e. The molecule has 0 radical (unpaired) electrons. The van der Waals surface area contributed by atoms with E-state index in [-0.39, 0.29) is 31.3 Å². The fourth-order valence-corrected chi connectivity index (χ4v) is 1.66. The van der Waals surface area contributed by atoms with E-state index in [1.807, 2.05) is 6.92 Å². The molecular weight excluding hydrogens is 228 g/mol. The Balaban J connectivity index is 1.85. The Labute approximate surface area is 97.7 Å². The van der Waals surface area contributed by atoms with E-state index in [2.05, 4.69) is 10.2 Å². The quantitative estimate of drug-likeness (QED) is 0.819. The molecular formula is C10H14N2O5. The Morgan fingerprint density at radius 1 is 1.53 bits per heavy atom. The van der Waals surface area contributed by atoms with Gasteiger partial charge in [0.1, 0.15) is 19.3 Å². The van der Waals surface area contributed by atoms with Crippen LogP contribution in [0.3, 0.4) is 0 Å². The highest BCUT2D eigenvalue weighted by Crippen LogP contribution is 2.31. The Hall–Kier alpha value is -1.47. The van der Waals surface area contributed by atoms with Crippen LogP contribution in [-0.2, 0) is 20.9 Å². The third-order valence-corrected chi connectivity index (χ3v) is 2.44. The monoisotopic (exact) mass is 242 g/mol. The molecule has 2 atom stereocenters. The third kappa shape index (κ3) is 3.24. The second-order valence-corrected chi connectivity index (χ2v) is 3.93. The minimum atomic E-state index is -1.03. The van der Waals surface area contributed by atoms with Crippen LogP contribution in [0.2, 0.25) is 0 Å². The number of nitrogens with zero attached hydrogens (tertiary/aromatic N) is 2. The van der Waals surface area contributed by atoms with Gasteiger partial charge in [-0.2, -0.15) is 0 Å². The van der Waals surface area contributed by atoms with Gasteiger partial charge in [-0.25, -0.2) is 4.79 Å². The summed E-state index contributed by atoms with van der Waals surface area (Å²) in [6, 6.07) is 0. The zero-order chi connectivity index (χ0) is 12.3. The highest BCUT2D eigenvalue weighted by Gasteiger charge is 2.27. The van der Waals surface area contributed by atoms with Crippen molar-refractivity contribution in [1.82, 2.24) is 10.2 Å². The molecule has 7 heteroatoms. The molecule has 7 nitrogen and oxygen atoms in total. The molecule has 17 heavy (non-hydrogen) atoms. The molecule has 2 unspecified atom stereocenters. The molecule has 1 fully saturated rings. The van der Waals surface area contributed by atoms with Crippen LogP contribution in [0, 0.1) is 0 Å². The van der Waals surface area contributed by atoms with Crippen LogP contribution < -0.4 is 0 Å². The highest BCUT2D eigenvalue weighted by atomic mass is 16.5. The van der Waals surface area contributed by atoms with Crippen molar-refractivity contribution < 1.29 is 23.8 Å². The molecule has 0 aromatic carbocycles. The second kappa shape index (κ2) is 5.24. The topological polar surface area (TPSA) is 94.7 Å². The fraction of sp³-hybridized carbons (Fsp3) is 0.700. The summed E-state index contributed by atoms with van der Waals surface area (Å²) in [4.78, 5) is 10.2. The van der Waals surface area contributed by atoms with E-state index in [9.17, 15) is 4.79 Å². The Morgan fingerprint density at radius 2 is 2.35 bits per heavy atom. The first-order valence-electron chi connectivity index (χ1n) is 5.42. The molecule has 1 aliphatic rings. The lowest BCUT2D eigenvalue weighted by Gasteiger charge is -2.05. The van der Waals surface area contributed by atoms with Crippen molar-refractivity contribution >= 4 is 5.97 Å². The molecule has 0 saturated carbocycles. The average molecular weight is 242 g/mol. The van der Waals surface area contributed by atoms with Crippen LogP contribution >= 0.6 is 0 Å². The molecule has 1 saturated heterocycles. The first-order valence-corrected chi connectivity index (χ1v) is 5.42. The molecule has 0 spiro atoms. The van der Waals surface area contributed by atoms with Gasteiger partial charge in [-0.05, 0) is 19.8 Å². The summed E-state index contributed by atoms with van der Waals surface area (Å²) in [5.41, 5.74) is 0. The van der Waals surface area contributed by atoms with E-state index in [0.717, 1.165) is 12.8 Å². The number of rotatable bonds is 5. The predicted molar refractivity (Wildman–Crippen MR) is 54.1 cm³/mol. The molecule has 1 N–H and O–H groups in total. The van der Waals surface area contributed by atoms with Crippen LogP contribution in [0.1, 0.15) is 37.7 Å². The largest absolute Gasteiger partial charge is 0.480 e. The first kappa shape index (κ1) is 12.0. The lowest BCUT2D eigenvalue weighted by Crippen LogP contribution is -2.06. The summed E-state index contributed by atoms with van der Waals surface area (Å²) in [5.74, 6) is -0.328. The number of carboxylic acid groups (broad SMARTS) is 1. The summed E-state index contributed by atoms with van der Waals surface area (Å²) >= 11 is 0. The van der Waals surface area contributed by atoms with Gasteiger partial charge in [0.2, 0.25) is 11.8 Å². The van der Waals surface area contributed by atoms with E-state index in [1.54, 1.807) is 0 Å². The number of ether oxygens (including phenoxy) is 2. The molecule has 2 heterocycles. The molecule has 1 aliphatic heterocycles. The number of aromatic nitrogens is 2. The van der Waals surface area contributed by atoms with E-state index in [0.29, 0.717) is 5.89 Å². The Bertz CT molecular complexity index is 392. The predicted octanol–water partition coefficient (Wildman–Crippen LogP) is 0.911. The fourth-order valence-electron chi connectivity index (χ4n) is 1.66. The maximum absolute atomic E-state index is 10.2. The van der Waals surface area contributed by atoms with Gasteiger partial charge in [-0.15, -0.1) is 10.2 Å². The highest BCUT2D eigenvalue weighted by molar-refractivity contribution is 5.67. The molecule has 2 rings (SSSR count). The number of hydrogen-bond donors (Lipinski definition) is 1. The maximum atomic E-state index is 10.2. The average Bonchev–Trinajstić information content (AvgIpc) is 2.86. The molecule has 0 amide bonds. The van der Waals surface area contributed by atoms with Crippen molar-refractivity contribution in [2.75, 3.05) is 6.61 Å². The van der Waals surface area contributed by atoms with E-state index in [4.69, 9.17) is 19.0 Å². The van der Waals surface area contributed by atoms with Crippen molar-refractivity contribution in [2.24, 2.45) is 0 Å². The Kier molecular flexibility index (Phi) is 3.70. The summed E-state index contributed by atoms with van der Waals surface area (Å²) < 4.78 is 15.7. The lowest BCUT2D eigenvalue weighted by atomic mass is 10.2. The number of aliphatic carboxylic acids is 1. The van der Waals surface area contributed by atoms with E-state index in [1.165, 1.54) is 0 Å². The van der Waals surface area contributed by atoms with Gasteiger partial charge >= 0.3 is 5.97 Å². The van der Waals surface area contributed by atoms with E-state index < -0.39 is 5.97 Å². The number of hydrogen-bond acceptors (Lipinski definition) is 6. The van der Waals surface area contributed by atoms with Crippen molar-refractivity contribution in [1.29, 1.82) is 0 Å². The molecule has 1 aromatic rings. The van der Waals surface area contributed by atoms with Gasteiger partial charge in [-0.1, -0.05) is 0 Å². The molecule has 0 aliphatic carbocycles. The third-order valence-electron chi connectivity index (χ3n) is 2.44. The van der Waals surface area contributed by atoms with Crippen LogP contribution in [0.4, 0.5) is 0 Å². The van der Waals surface area contributed by atoms with Gasteiger partial charge in [0, 0.05) is 0 Å². The lowest BCUT2D eigenvalue weighted by molar-refractivity contribution is -0.142. The number of carboxylic acids is 1. The van der Waals surface area contributed by atoms with Crippen molar-refractivity contribution in [3.63, 3.8) is 0 Å². The SMILES string of the molecule is CC1CCC(c2nnc(COCC(=O)O)o2)O1. The van der Waals surface area contributed by atoms with Crippen LogP contribution in [0.15, 0.2) is 4.42 Å². The zero-order valence-corrected chi connectivity index (χ0v) is 9.46. The van der Waals surface area contributed by atoms with E-state index >= 15 is 0 Å². The zero-order valence-electron chi connectivity index (χ0n) is 9.46. The van der Waals surface area contributed by atoms with Gasteiger partial charge < -0.3 is 19.0 Å². The summed E-state index contributed by atoms with van der Waals surface area (Å²) in [5, 5.41) is 16.0. The minimum Gasteiger partial charge on any atom is -0.480 e. The number of carbonyl (C=O) groups is 1. The summed E-state index contributed by atoms with van der Waals surface area (Å²) in [6.07, 6.45) is 1.89. The minimum absolute atomic E-state index is 0.00156. The molecule has 0 bridgehead atoms. The van der Waals surface area contributed by atoms with Crippen LogP contribution in [0.25, 0.3) is 0 Å². The van der Waals surface area contributed by atoms with Crippen LogP contribution in [-0.4, -0.2) is 34.0 Å². The summed E-state index contributed by atoms with van der Waals surface area (Å²) in [6.45, 7) is 1.61. The van der Waals surface area contributed by atoms with Gasteiger partial charge in [-0.3, -0.25) is 0 Å².